The first-order chi connectivity index (χ1) is 9.56. The lowest BCUT2D eigenvalue weighted by Crippen LogP contribution is -1.88. The molecule has 3 aromatic carbocycles. The van der Waals surface area contributed by atoms with Gasteiger partial charge in [-0.3, -0.25) is 0 Å². The van der Waals surface area contributed by atoms with Crippen LogP contribution >= 0.6 is 0 Å². The Morgan fingerprint density at radius 1 is 0.700 bits per heavy atom. The van der Waals surface area contributed by atoms with Gasteiger partial charge in [-0.05, 0) is 37.4 Å². The first kappa shape index (κ1) is 13.9. The second kappa shape index (κ2) is 6.11. The minimum atomic E-state index is 0.771. The normalized spacial score (nSPS) is 9.90. The molecule has 20 heavy (non-hydrogen) atoms. The van der Waals surface area contributed by atoms with Crippen molar-refractivity contribution in [2.45, 2.75) is 13.8 Å². The molecule has 0 fully saturated rings. The lowest BCUT2D eigenvalue weighted by molar-refractivity contribution is 1.40. The number of anilines is 2. The summed E-state index contributed by atoms with van der Waals surface area (Å²) in [6, 6.07) is 20.0. The Hall–Kier alpha value is -2.48. The van der Waals surface area contributed by atoms with Crippen LogP contribution in [0.5, 0.6) is 0 Å². The van der Waals surface area contributed by atoms with Crippen LogP contribution in [0, 0.1) is 13.8 Å². The van der Waals surface area contributed by atoms with Gasteiger partial charge in [0.2, 0.25) is 0 Å². The summed E-state index contributed by atoms with van der Waals surface area (Å²) in [6.45, 7) is 4.19. The predicted octanol–water partition coefficient (Wildman–Crippen LogP) is 4.31. The van der Waals surface area contributed by atoms with E-state index in [4.69, 9.17) is 11.5 Å². The first-order valence-corrected chi connectivity index (χ1v) is 6.63. The van der Waals surface area contributed by atoms with E-state index in [0.717, 1.165) is 22.1 Å². The number of hydrogen-bond donors (Lipinski definition) is 2. The van der Waals surface area contributed by atoms with Crippen LogP contribution < -0.4 is 11.5 Å². The van der Waals surface area contributed by atoms with Crippen LogP contribution in [-0.2, 0) is 0 Å². The summed E-state index contributed by atoms with van der Waals surface area (Å²) in [5.74, 6) is 0. The van der Waals surface area contributed by atoms with Gasteiger partial charge in [0, 0.05) is 16.8 Å². The van der Waals surface area contributed by atoms with E-state index in [0.29, 0.717) is 0 Å². The van der Waals surface area contributed by atoms with E-state index in [9.17, 15) is 0 Å². The highest BCUT2D eigenvalue weighted by Gasteiger charge is 1.95. The molecule has 2 heteroatoms. The summed E-state index contributed by atoms with van der Waals surface area (Å²) in [6.07, 6.45) is 0. The minimum Gasteiger partial charge on any atom is -0.399 e. The van der Waals surface area contributed by atoms with Crippen molar-refractivity contribution in [3.05, 3.63) is 71.8 Å². The second-order valence-corrected chi connectivity index (χ2v) is 4.98. The molecule has 0 aliphatic carbocycles. The van der Waals surface area contributed by atoms with Gasteiger partial charge in [0.1, 0.15) is 0 Å². The Balaban J connectivity index is 0.000000160. The molecule has 3 aromatic rings. The van der Waals surface area contributed by atoms with E-state index in [2.05, 4.69) is 38.1 Å². The van der Waals surface area contributed by atoms with Crippen LogP contribution in [0.4, 0.5) is 11.4 Å². The topological polar surface area (TPSA) is 52.0 Å². The molecule has 2 nitrogen and oxygen atoms in total. The van der Waals surface area contributed by atoms with Gasteiger partial charge in [-0.25, -0.2) is 0 Å². The predicted molar refractivity (Wildman–Crippen MR) is 88.7 cm³/mol. The van der Waals surface area contributed by atoms with Crippen LogP contribution in [0.15, 0.2) is 60.7 Å². The van der Waals surface area contributed by atoms with E-state index < -0.39 is 0 Å². The fourth-order valence-electron chi connectivity index (χ4n) is 1.96. The van der Waals surface area contributed by atoms with Crippen molar-refractivity contribution < 1.29 is 0 Å². The number of rotatable bonds is 0. The first-order valence-electron chi connectivity index (χ1n) is 6.63. The van der Waals surface area contributed by atoms with Gasteiger partial charge in [-0.15, -0.1) is 0 Å². The average molecular weight is 264 g/mol. The Bertz CT molecular complexity index is 679. The van der Waals surface area contributed by atoms with Gasteiger partial charge in [0.15, 0.2) is 0 Å². The molecule has 0 aliphatic heterocycles. The van der Waals surface area contributed by atoms with Crippen LogP contribution in [0.25, 0.3) is 10.8 Å². The highest BCUT2D eigenvalue weighted by atomic mass is 14.6. The van der Waals surface area contributed by atoms with Gasteiger partial charge >= 0.3 is 0 Å². The summed E-state index contributed by atoms with van der Waals surface area (Å²) in [7, 11) is 0. The Morgan fingerprint density at radius 2 is 1.30 bits per heavy atom. The maximum absolute atomic E-state index is 5.77. The van der Waals surface area contributed by atoms with Gasteiger partial charge in [0.25, 0.3) is 0 Å². The molecular formula is C18H20N2. The molecule has 0 amide bonds. The zero-order chi connectivity index (χ0) is 14.5. The van der Waals surface area contributed by atoms with Crippen LogP contribution in [0.2, 0.25) is 0 Å². The van der Waals surface area contributed by atoms with Crippen molar-refractivity contribution >= 4 is 22.1 Å². The second-order valence-electron chi connectivity index (χ2n) is 4.98. The minimum absolute atomic E-state index is 0.771. The van der Waals surface area contributed by atoms with Crippen molar-refractivity contribution in [3.63, 3.8) is 0 Å². The third-order valence-electron chi connectivity index (χ3n) is 3.16. The third-order valence-corrected chi connectivity index (χ3v) is 3.16. The smallest absolute Gasteiger partial charge is 0.0393 e. The third kappa shape index (κ3) is 3.51. The molecule has 0 unspecified atom stereocenters. The number of fused-ring (bicyclic) bond motifs is 1. The fraction of sp³-hybridized carbons (Fsp3) is 0.111. The fourth-order valence-corrected chi connectivity index (χ4v) is 1.96. The molecule has 4 N–H and O–H groups in total. The molecule has 0 saturated carbocycles. The zero-order valence-electron chi connectivity index (χ0n) is 11.9. The largest absolute Gasteiger partial charge is 0.399 e. The number of aryl methyl sites for hydroxylation is 2. The van der Waals surface area contributed by atoms with E-state index in [1.807, 2.05) is 36.4 Å². The van der Waals surface area contributed by atoms with E-state index >= 15 is 0 Å². The molecule has 0 heterocycles. The lowest BCUT2D eigenvalue weighted by Gasteiger charge is -2.01. The molecule has 0 aromatic heterocycles. The van der Waals surface area contributed by atoms with Crippen LogP contribution in [0.3, 0.4) is 0 Å². The van der Waals surface area contributed by atoms with Crippen LogP contribution in [0.1, 0.15) is 11.1 Å². The van der Waals surface area contributed by atoms with Crippen molar-refractivity contribution in [1.29, 1.82) is 0 Å². The van der Waals surface area contributed by atoms with Crippen LogP contribution in [-0.4, -0.2) is 0 Å². The van der Waals surface area contributed by atoms with Crippen molar-refractivity contribution in [1.82, 2.24) is 0 Å². The quantitative estimate of drug-likeness (QED) is 0.594. The Labute approximate surface area is 120 Å². The van der Waals surface area contributed by atoms with Gasteiger partial charge in [-0.1, -0.05) is 53.6 Å². The molecule has 0 atom stereocenters. The van der Waals surface area contributed by atoms with Gasteiger partial charge < -0.3 is 11.5 Å². The number of hydrogen-bond acceptors (Lipinski definition) is 2. The lowest BCUT2D eigenvalue weighted by atomic mass is 10.1. The SMILES string of the molecule is Cc1ccc(C)cc1.Nc1ccc2c(N)cccc2c1. The highest BCUT2D eigenvalue weighted by Crippen LogP contribution is 2.22. The summed E-state index contributed by atoms with van der Waals surface area (Å²) in [4.78, 5) is 0. The van der Waals surface area contributed by atoms with E-state index in [1.165, 1.54) is 11.1 Å². The number of benzene rings is 3. The molecule has 102 valence electrons. The molecule has 0 aliphatic rings. The molecule has 0 radical (unpaired) electrons. The molecule has 0 spiro atoms. The monoisotopic (exact) mass is 264 g/mol. The van der Waals surface area contributed by atoms with Crippen molar-refractivity contribution in [2.24, 2.45) is 0 Å². The van der Waals surface area contributed by atoms with Crippen molar-refractivity contribution in [2.75, 3.05) is 11.5 Å². The Morgan fingerprint density at radius 3 is 1.90 bits per heavy atom. The maximum Gasteiger partial charge on any atom is 0.0393 e. The van der Waals surface area contributed by atoms with Gasteiger partial charge in [-0.2, -0.15) is 0 Å². The highest BCUT2D eigenvalue weighted by molar-refractivity contribution is 5.94. The van der Waals surface area contributed by atoms with E-state index in [-0.39, 0.29) is 0 Å². The number of nitrogen functional groups attached to an aromatic ring is 2. The van der Waals surface area contributed by atoms with E-state index in [1.54, 1.807) is 0 Å². The molecule has 3 rings (SSSR count). The molecule has 0 saturated heterocycles. The summed E-state index contributed by atoms with van der Waals surface area (Å²) in [5.41, 5.74) is 15.6. The maximum atomic E-state index is 5.77. The number of nitrogens with two attached hydrogens (primary N) is 2. The summed E-state index contributed by atoms with van der Waals surface area (Å²) < 4.78 is 0. The molecular weight excluding hydrogens is 244 g/mol. The zero-order valence-corrected chi connectivity index (χ0v) is 11.9. The average Bonchev–Trinajstić information content (AvgIpc) is 2.43. The standard InChI is InChI=1S/C10H10N2.C8H10/c11-8-4-5-9-7(6-8)2-1-3-10(9)12;1-7-3-5-8(2)6-4-7/h1-6H,11-12H2;3-6H,1-2H3. The van der Waals surface area contributed by atoms with Crippen molar-refractivity contribution in [3.8, 4) is 0 Å². The Kier molecular flexibility index (Phi) is 4.26. The van der Waals surface area contributed by atoms with Gasteiger partial charge in [0.05, 0.1) is 0 Å². The summed E-state index contributed by atoms with van der Waals surface area (Å²) in [5, 5.41) is 2.15. The molecule has 0 bridgehead atoms. The summed E-state index contributed by atoms with van der Waals surface area (Å²) >= 11 is 0.